The fourth-order valence-corrected chi connectivity index (χ4v) is 4.31. The first-order valence-electron chi connectivity index (χ1n) is 11.3. The summed E-state index contributed by atoms with van der Waals surface area (Å²) < 4.78 is 90.0. The molecular weight excluding hydrogens is 563 g/mol. The van der Waals surface area contributed by atoms with E-state index in [2.05, 4.69) is 5.32 Å². The molecule has 1 atom stereocenters. The maximum Gasteiger partial charge on any atom is 0.416 e. The van der Waals surface area contributed by atoms with Gasteiger partial charge in [-0.05, 0) is 47.9 Å². The predicted molar refractivity (Wildman–Crippen MR) is 132 cm³/mol. The number of likely N-dealkylation sites (N-methyl/N-ethyl adjacent to an activating group) is 1. The van der Waals surface area contributed by atoms with Gasteiger partial charge in [-0.1, -0.05) is 6.07 Å². The topological polar surface area (TPSA) is 54.0 Å². The average molecular weight is 590 g/mol. The maximum atomic E-state index is 13.5. The number of hydrogen-bond acceptors (Lipinski definition) is 5. The van der Waals surface area contributed by atoms with Gasteiger partial charge in [-0.15, -0.1) is 24.8 Å². The zero-order chi connectivity index (χ0) is 26.1. The van der Waals surface area contributed by atoms with E-state index in [0.717, 1.165) is 0 Å². The van der Waals surface area contributed by atoms with E-state index in [1.165, 1.54) is 11.9 Å². The summed E-state index contributed by atoms with van der Waals surface area (Å²) in [7, 11) is 1.49. The SMILES string of the molecule is CN(CCc1cc(C(F)(F)F)cc(C(F)(F)F)c1)C(=O)C(c1ccc2c(c1)OCO2)N1CCNCC1.Cl.Cl. The summed E-state index contributed by atoms with van der Waals surface area (Å²) >= 11 is 0. The summed E-state index contributed by atoms with van der Waals surface area (Å²) in [5.74, 6) is 0.745. The smallest absolute Gasteiger partial charge is 0.416 e. The largest absolute Gasteiger partial charge is 0.454 e. The number of nitrogens with zero attached hydrogens (tertiary/aromatic N) is 2. The molecule has 0 spiro atoms. The first-order valence-corrected chi connectivity index (χ1v) is 11.3. The molecule has 1 saturated heterocycles. The number of carbonyl (C=O) groups is 1. The Kier molecular flexibility index (Phi) is 10.6. The van der Waals surface area contributed by atoms with Gasteiger partial charge in [0.05, 0.1) is 11.1 Å². The molecule has 6 nitrogen and oxygen atoms in total. The van der Waals surface area contributed by atoms with Gasteiger partial charge in [-0.25, -0.2) is 0 Å². The highest BCUT2D eigenvalue weighted by Gasteiger charge is 2.37. The molecular formula is C24H27Cl2F6N3O3. The quantitative estimate of drug-likeness (QED) is 0.484. The molecule has 1 N–H and O–H groups in total. The van der Waals surface area contributed by atoms with Crippen molar-refractivity contribution in [3.63, 3.8) is 0 Å². The predicted octanol–water partition coefficient (Wildman–Crippen LogP) is 4.94. The van der Waals surface area contributed by atoms with E-state index in [-0.39, 0.29) is 62.1 Å². The fourth-order valence-electron chi connectivity index (χ4n) is 4.31. The van der Waals surface area contributed by atoms with Crippen molar-refractivity contribution in [3.05, 3.63) is 58.7 Å². The van der Waals surface area contributed by atoms with Gasteiger partial charge in [-0.3, -0.25) is 9.69 Å². The third-order valence-electron chi connectivity index (χ3n) is 6.22. The maximum absolute atomic E-state index is 13.5. The van der Waals surface area contributed by atoms with Gasteiger partial charge < -0.3 is 19.7 Å². The van der Waals surface area contributed by atoms with Crippen LogP contribution in [0.1, 0.15) is 28.3 Å². The first kappa shape index (κ1) is 31.8. The molecule has 2 aromatic rings. The number of carbonyl (C=O) groups excluding carboxylic acids is 1. The Hall–Kier alpha value is -2.41. The molecule has 14 heteroatoms. The van der Waals surface area contributed by atoms with Gasteiger partial charge in [-0.2, -0.15) is 26.3 Å². The summed E-state index contributed by atoms with van der Waals surface area (Å²) in [6, 6.07) is 5.98. The monoisotopic (exact) mass is 589 g/mol. The van der Waals surface area contributed by atoms with Gasteiger partial charge >= 0.3 is 12.4 Å². The molecule has 1 fully saturated rings. The number of ether oxygens (including phenoxy) is 2. The number of amides is 1. The van der Waals surface area contributed by atoms with E-state index in [0.29, 0.717) is 55.4 Å². The van der Waals surface area contributed by atoms with Crippen molar-refractivity contribution < 1.29 is 40.6 Å². The van der Waals surface area contributed by atoms with E-state index in [1.54, 1.807) is 18.2 Å². The van der Waals surface area contributed by atoms with Crippen molar-refractivity contribution >= 4 is 30.7 Å². The number of fused-ring (bicyclic) bond motifs is 1. The minimum atomic E-state index is -4.93. The molecule has 38 heavy (non-hydrogen) atoms. The Bertz CT molecular complexity index is 1080. The van der Waals surface area contributed by atoms with Crippen molar-refractivity contribution in [2.24, 2.45) is 0 Å². The summed E-state index contributed by atoms with van der Waals surface area (Å²) in [6.45, 7) is 2.51. The molecule has 4 rings (SSSR count). The summed E-state index contributed by atoms with van der Waals surface area (Å²) in [6.07, 6.45) is -10.0. The van der Waals surface area contributed by atoms with Crippen molar-refractivity contribution in [2.45, 2.75) is 24.8 Å². The molecule has 212 valence electrons. The minimum absolute atomic E-state index is 0. The van der Waals surface area contributed by atoms with Gasteiger partial charge in [0.15, 0.2) is 11.5 Å². The molecule has 2 aliphatic heterocycles. The summed E-state index contributed by atoms with van der Waals surface area (Å²) in [5.41, 5.74) is -2.24. The third-order valence-corrected chi connectivity index (χ3v) is 6.22. The van der Waals surface area contributed by atoms with E-state index in [4.69, 9.17) is 9.47 Å². The number of alkyl halides is 6. The number of rotatable bonds is 6. The van der Waals surface area contributed by atoms with Gasteiger partial charge in [0.2, 0.25) is 12.7 Å². The standard InChI is InChI=1S/C24H25F6N3O3.2ClH/c1-32(7-4-15-10-17(23(25,26)27)13-18(11-15)24(28,29)30)22(34)21(33-8-5-31-6-9-33)16-2-3-19-20(12-16)36-14-35-19;;/h2-3,10-13,21,31H,4-9,14H2,1H3;2*1H. The summed E-state index contributed by atoms with van der Waals surface area (Å²) in [4.78, 5) is 16.9. The van der Waals surface area contributed by atoms with Gasteiger partial charge in [0.25, 0.3) is 0 Å². The van der Waals surface area contributed by atoms with Crippen LogP contribution in [0.3, 0.4) is 0 Å². The van der Waals surface area contributed by atoms with Crippen molar-refractivity contribution in [1.82, 2.24) is 15.1 Å². The Morgan fingerprint density at radius 1 is 0.947 bits per heavy atom. The van der Waals surface area contributed by atoms with E-state index < -0.39 is 29.5 Å². The second-order valence-corrected chi connectivity index (χ2v) is 8.73. The second-order valence-electron chi connectivity index (χ2n) is 8.73. The minimum Gasteiger partial charge on any atom is -0.454 e. The van der Waals surface area contributed by atoms with Crippen LogP contribution in [0.15, 0.2) is 36.4 Å². The highest BCUT2D eigenvalue weighted by atomic mass is 35.5. The lowest BCUT2D eigenvalue weighted by molar-refractivity contribution is -0.143. The number of nitrogens with one attached hydrogen (secondary N) is 1. The van der Waals surface area contributed by atoms with E-state index in [9.17, 15) is 31.1 Å². The molecule has 0 aliphatic carbocycles. The highest BCUT2D eigenvalue weighted by molar-refractivity contribution is 5.85. The molecule has 0 aromatic heterocycles. The number of piperazine rings is 1. The van der Waals surface area contributed by atoms with Crippen molar-refractivity contribution in [1.29, 1.82) is 0 Å². The van der Waals surface area contributed by atoms with E-state index >= 15 is 0 Å². The molecule has 0 radical (unpaired) electrons. The van der Waals surface area contributed by atoms with Crippen LogP contribution in [0.2, 0.25) is 0 Å². The van der Waals surface area contributed by atoms with Crippen LogP contribution in [0.5, 0.6) is 11.5 Å². The van der Waals surface area contributed by atoms with Crippen molar-refractivity contribution in [3.8, 4) is 11.5 Å². The molecule has 0 bridgehead atoms. The number of halogens is 8. The van der Waals surface area contributed by atoms with Crippen LogP contribution in [-0.2, 0) is 23.6 Å². The van der Waals surface area contributed by atoms with Crippen LogP contribution >= 0.6 is 24.8 Å². The van der Waals surface area contributed by atoms with Crippen LogP contribution in [0.4, 0.5) is 26.3 Å². The zero-order valence-electron chi connectivity index (χ0n) is 20.2. The van der Waals surface area contributed by atoms with Crippen LogP contribution in [0, 0.1) is 0 Å². The highest BCUT2D eigenvalue weighted by Crippen LogP contribution is 2.38. The van der Waals surface area contributed by atoms with Crippen molar-refractivity contribution in [2.75, 3.05) is 46.6 Å². The Morgan fingerprint density at radius 3 is 2.11 bits per heavy atom. The first-order chi connectivity index (χ1) is 16.9. The van der Waals surface area contributed by atoms with Crippen LogP contribution < -0.4 is 14.8 Å². The van der Waals surface area contributed by atoms with Crippen LogP contribution in [-0.4, -0.2) is 62.3 Å². The summed E-state index contributed by atoms with van der Waals surface area (Å²) in [5, 5.41) is 3.22. The average Bonchev–Trinajstić information content (AvgIpc) is 3.30. The molecule has 2 heterocycles. The lowest BCUT2D eigenvalue weighted by Crippen LogP contribution is -2.50. The van der Waals surface area contributed by atoms with Crippen LogP contribution in [0.25, 0.3) is 0 Å². The number of hydrogen-bond donors (Lipinski definition) is 1. The third kappa shape index (κ3) is 7.37. The normalized spacial score (nSPS) is 16.3. The molecule has 1 unspecified atom stereocenters. The second kappa shape index (κ2) is 12.6. The van der Waals surface area contributed by atoms with E-state index in [1.807, 2.05) is 4.90 Å². The Balaban J connectivity index is 0.00000253. The van der Waals surface area contributed by atoms with Gasteiger partial charge in [0.1, 0.15) is 6.04 Å². The Labute approximate surface area is 228 Å². The zero-order valence-corrected chi connectivity index (χ0v) is 21.8. The number of benzene rings is 2. The molecule has 1 amide bonds. The fraction of sp³-hybridized carbons (Fsp3) is 0.458. The molecule has 2 aromatic carbocycles. The molecule has 2 aliphatic rings. The lowest BCUT2D eigenvalue weighted by atomic mass is 10.0. The Morgan fingerprint density at radius 2 is 1.53 bits per heavy atom. The molecule has 0 saturated carbocycles. The lowest BCUT2D eigenvalue weighted by Gasteiger charge is -2.36. The van der Waals surface area contributed by atoms with Gasteiger partial charge in [0, 0.05) is 39.8 Å².